The van der Waals surface area contributed by atoms with Crippen LogP contribution in [0.2, 0.25) is 0 Å². The molecule has 4 aliphatic rings. The van der Waals surface area contributed by atoms with Crippen LogP contribution in [0.25, 0.3) is 33.4 Å². The average molecular weight is 709 g/mol. The molecule has 3 aliphatic heterocycles. The van der Waals surface area contributed by atoms with Gasteiger partial charge < -0.3 is 0 Å². The Bertz CT molecular complexity index is 1650. The number of phenolic OH excluding ortho intramolecular Hbond substituents is 1. The van der Waals surface area contributed by atoms with Crippen LogP contribution in [0, 0.1) is 0 Å². The van der Waals surface area contributed by atoms with Gasteiger partial charge in [0.1, 0.15) is 0 Å². The number of carboxylic acid groups (broad SMARTS) is 2. The summed E-state index contributed by atoms with van der Waals surface area (Å²) in [6, 6.07) is 10.6. The maximum absolute atomic E-state index is 13.2. The number of hydrogen-bond donors (Lipinski definition) is 3. The predicted molar refractivity (Wildman–Crippen MR) is 161 cm³/mol. The summed E-state index contributed by atoms with van der Waals surface area (Å²) in [6.07, 6.45) is 0. The molecular formula is C25H18As2O7S4. The van der Waals surface area contributed by atoms with Gasteiger partial charge in [-0.15, -0.1) is 0 Å². The van der Waals surface area contributed by atoms with Crippen LogP contribution < -0.4 is 14.1 Å². The summed E-state index contributed by atoms with van der Waals surface area (Å²) in [5, 5.41) is 31.3. The molecule has 3 N–H and O–H groups in total. The molecule has 6 rings (SSSR count). The van der Waals surface area contributed by atoms with Gasteiger partial charge in [-0.1, -0.05) is 0 Å². The van der Waals surface area contributed by atoms with E-state index in [0.29, 0.717) is 37.8 Å². The van der Waals surface area contributed by atoms with Gasteiger partial charge in [0.25, 0.3) is 0 Å². The Hall–Kier alpha value is -1.61. The van der Waals surface area contributed by atoms with E-state index in [2.05, 4.69) is 0 Å². The van der Waals surface area contributed by atoms with Crippen molar-refractivity contribution in [2.45, 2.75) is 0 Å². The number of carbonyl (C=O) groups is 2. The molecule has 3 heterocycles. The fraction of sp³-hybridized carbons (Fsp3) is 0.160. The SMILES string of the molecule is O=C(O)c1ccc(-c2c3ccc(=O)c([As]4SCCS4)c-3oc3c([As]4SCCS4)c(O)ccc23)c(C(=O)O)c1. The first kappa shape index (κ1) is 26.6. The van der Waals surface area contributed by atoms with Crippen LogP contribution in [0.15, 0.2) is 51.7 Å². The van der Waals surface area contributed by atoms with Gasteiger partial charge in [-0.3, -0.25) is 0 Å². The third-order valence-electron chi connectivity index (χ3n) is 6.08. The third-order valence-corrected chi connectivity index (χ3v) is 33.3. The van der Waals surface area contributed by atoms with E-state index in [4.69, 9.17) is 4.42 Å². The summed E-state index contributed by atoms with van der Waals surface area (Å²) in [7, 11) is 7.33. The quantitative estimate of drug-likeness (QED) is 0.206. The Morgan fingerprint density at radius 2 is 1.42 bits per heavy atom. The van der Waals surface area contributed by atoms with Crippen molar-refractivity contribution in [1.82, 2.24) is 0 Å². The van der Waals surface area contributed by atoms with Crippen LogP contribution in [-0.4, -0.2) is 74.9 Å². The number of aromatic carboxylic acids is 2. The van der Waals surface area contributed by atoms with Crippen LogP contribution in [0.1, 0.15) is 20.7 Å². The van der Waals surface area contributed by atoms with Crippen molar-refractivity contribution < 1.29 is 29.3 Å². The molecule has 2 aromatic rings. The van der Waals surface area contributed by atoms with Crippen molar-refractivity contribution in [3.05, 3.63) is 63.8 Å². The average Bonchev–Trinajstić information content (AvgIpc) is 3.62. The predicted octanol–water partition coefficient (Wildman–Crippen LogP) is 4.02. The first-order valence-electron chi connectivity index (χ1n) is 11.3. The fourth-order valence-corrected chi connectivity index (χ4v) is 34.1. The second kappa shape index (κ2) is 10.8. The van der Waals surface area contributed by atoms with Crippen molar-refractivity contribution in [2.24, 2.45) is 0 Å². The summed E-state index contributed by atoms with van der Waals surface area (Å²) in [6.45, 7) is 0. The van der Waals surface area contributed by atoms with Gasteiger partial charge in [0.2, 0.25) is 0 Å². The summed E-state index contributed by atoms with van der Waals surface area (Å²) in [5.74, 6) is 2.04. The maximum atomic E-state index is 13.2. The van der Waals surface area contributed by atoms with E-state index in [1.807, 2.05) is 40.1 Å². The molecule has 0 aromatic heterocycles. The van der Waals surface area contributed by atoms with Crippen LogP contribution in [0.5, 0.6) is 5.75 Å². The van der Waals surface area contributed by atoms with Crippen LogP contribution in [0.4, 0.5) is 0 Å². The van der Waals surface area contributed by atoms with Crippen LogP contribution in [-0.2, 0) is 0 Å². The third kappa shape index (κ3) is 4.59. The van der Waals surface area contributed by atoms with Gasteiger partial charge in [0.15, 0.2) is 0 Å². The molecule has 7 nitrogen and oxygen atoms in total. The molecule has 0 unspecified atom stereocenters. The van der Waals surface area contributed by atoms with E-state index in [0.717, 1.165) is 27.4 Å². The second-order valence-electron chi connectivity index (χ2n) is 8.29. The van der Waals surface area contributed by atoms with Crippen molar-refractivity contribution in [3.63, 3.8) is 0 Å². The molecule has 0 radical (unpaired) electrons. The molecule has 1 aliphatic carbocycles. The standard InChI is InChI=1S/C25H18As2O7S4/c28-17-5-3-14-19(13-2-1-12(24(30)31)11-16(13)25(32)33)15-4-6-18(29)21(27-37-9-10-38-27)23(15)34-22(14)20(17)26-35-7-8-36-26/h1-6,11,28H,7-10H2,(H,30,31)(H,32,33). The number of benzene rings is 3. The second-order valence-corrected chi connectivity index (χ2v) is 31.5. The molecule has 2 fully saturated rings. The zero-order valence-corrected chi connectivity index (χ0v) is 26.4. The van der Waals surface area contributed by atoms with E-state index < -0.39 is 36.6 Å². The van der Waals surface area contributed by atoms with E-state index in [-0.39, 0.29) is 22.3 Å². The van der Waals surface area contributed by atoms with E-state index in [1.54, 1.807) is 18.2 Å². The number of hydrogen-bond acceptors (Lipinski definition) is 9. The Kier molecular flexibility index (Phi) is 7.53. The number of rotatable bonds is 5. The molecule has 0 amide bonds. The van der Waals surface area contributed by atoms with E-state index in [1.165, 1.54) is 24.3 Å². The van der Waals surface area contributed by atoms with Gasteiger partial charge in [-0.05, 0) is 0 Å². The topological polar surface area (TPSA) is 125 Å². The van der Waals surface area contributed by atoms with Gasteiger partial charge in [0, 0.05) is 0 Å². The molecule has 2 aromatic carbocycles. The summed E-state index contributed by atoms with van der Waals surface area (Å²) < 4.78 is 8.08. The fourth-order valence-electron chi connectivity index (χ4n) is 4.49. The first-order valence-corrected chi connectivity index (χ1v) is 26.2. The monoisotopic (exact) mass is 708 g/mol. The summed E-state index contributed by atoms with van der Waals surface area (Å²) >= 11 is -3.64. The zero-order chi connectivity index (χ0) is 26.6. The zero-order valence-electron chi connectivity index (χ0n) is 19.4. The molecule has 194 valence electrons. The number of fused-ring (bicyclic) bond motifs is 2. The first-order chi connectivity index (χ1) is 18.3. The molecule has 13 heteroatoms. The number of carboxylic acids is 2. The minimum atomic E-state index is -1.84. The Labute approximate surface area is 238 Å². The molecule has 0 bridgehead atoms. The summed E-state index contributed by atoms with van der Waals surface area (Å²) in [5.41, 5.74) is 1.67. The van der Waals surface area contributed by atoms with Crippen LogP contribution in [0.3, 0.4) is 0 Å². The van der Waals surface area contributed by atoms with Crippen molar-refractivity contribution in [3.8, 4) is 28.2 Å². The molecule has 0 saturated carbocycles. The molecular weight excluding hydrogens is 690 g/mol. The number of phenols is 1. The van der Waals surface area contributed by atoms with Crippen LogP contribution >= 0.6 is 40.1 Å². The molecule has 0 spiro atoms. The minimum absolute atomic E-state index is 0.0858. The summed E-state index contributed by atoms with van der Waals surface area (Å²) in [4.78, 5) is 37.3. The van der Waals surface area contributed by atoms with Crippen molar-refractivity contribution >= 4 is 96.4 Å². The normalized spacial score (nSPS) is 16.5. The van der Waals surface area contributed by atoms with Crippen molar-refractivity contribution in [2.75, 3.05) is 23.0 Å². The van der Waals surface area contributed by atoms with E-state index in [9.17, 15) is 29.7 Å². The molecule has 0 atom stereocenters. The molecule has 2 saturated heterocycles. The Morgan fingerprint density at radius 1 is 0.789 bits per heavy atom. The Balaban J connectivity index is 1.76. The number of aromatic hydroxyl groups is 1. The van der Waals surface area contributed by atoms with Gasteiger partial charge >= 0.3 is 241 Å². The van der Waals surface area contributed by atoms with E-state index >= 15 is 0 Å². The van der Waals surface area contributed by atoms with Gasteiger partial charge in [-0.25, -0.2) is 0 Å². The Morgan fingerprint density at radius 3 is 2.05 bits per heavy atom. The van der Waals surface area contributed by atoms with Gasteiger partial charge in [-0.2, -0.15) is 0 Å². The van der Waals surface area contributed by atoms with Crippen molar-refractivity contribution in [1.29, 1.82) is 0 Å². The van der Waals surface area contributed by atoms with Gasteiger partial charge in [0.05, 0.1) is 0 Å². The molecule has 38 heavy (non-hydrogen) atoms.